The first-order valence-electron chi connectivity index (χ1n) is 11.7. The maximum absolute atomic E-state index is 12.8. The van der Waals surface area contributed by atoms with E-state index in [1.54, 1.807) is 4.90 Å². The molecule has 2 aromatic rings. The average Bonchev–Trinajstić information content (AvgIpc) is 3.16. The molecule has 4 heterocycles. The number of hydrogen-bond donors (Lipinski definition) is 0. The van der Waals surface area contributed by atoms with Crippen molar-refractivity contribution in [1.29, 1.82) is 0 Å². The van der Waals surface area contributed by atoms with E-state index >= 15 is 0 Å². The predicted octanol–water partition coefficient (Wildman–Crippen LogP) is 3.02. The number of piperazine rings is 1. The molecule has 0 radical (unpaired) electrons. The summed E-state index contributed by atoms with van der Waals surface area (Å²) in [4.78, 5) is 35.9. The molecule has 0 unspecified atom stereocenters. The van der Waals surface area contributed by atoms with Crippen LogP contribution in [0, 0.1) is 5.92 Å². The Kier molecular flexibility index (Phi) is 6.69. The molecule has 8 nitrogen and oxygen atoms in total. The summed E-state index contributed by atoms with van der Waals surface area (Å²) in [5.74, 6) is 0.588. The van der Waals surface area contributed by atoms with Crippen molar-refractivity contribution >= 4 is 17.6 Å². The van der Waals surface area contributed by atoms with Gasteiger partial charge in [0.15, 0.2) is 0 Å². The number of fused-ring (bicyclic) bond motifs is 1. The van der Waals surface area contributed by atoms with Crippen molar-refractivity contribution in [3.63, 3.8) is 0 Å². The summed E-state index contributed by atoms with van der Waals surface area (Å²) in [6, 6.07) is 6.01. The number of piperidine rings is 1. The van der Waals surface area contributed by atoms with Gasteiger partial charge in [0.25, 0.3) is 0 Å². The molecule has 8 heteroatoms. The Labute approximate surface area is 190 Å². The van der Waals surface area contributed by atoms with Crippen LogP contribution in [-0.2, 0) is 16.1 Å². The van der Waals surface area contributed by atoms with E-state index in [4.69, 9.17) is 4.74 Å². The lowest BCUT2D eigenvalue weighted by molar-refractivity contribution is -0.134. The first-order valence-corrected chi connectivity index (χ1v) is 11.7. The lowest BCUT2D eigenvalue weighted by atomic mass is 9.93. The number of carbonyl (C=O) groups excluding carboxylic acids is 2. The molecule has 32 heavy (non-hydrogen) atoms. The third-order valence-electron chi connectivity index (χ3n) is 6.25. The molecule has 2 amide bonds. The molecule has 2 saturated heterocycles. The van der Waals surface area contributed by atoms with Crippen LogP contribution in [0.2, 0.25) is 0 Å². The van der Waals surface area contributed by atoms with Crippen molar-refractivity contribution in [1.82, 2.24) is 24.1 Å². The minimum Gasteiger partial charge on any atom is -0.444 e. The largest absolute Gasteiger partial charge is 0.444 e. The summed E-state index contributed by atoms with van der Waals surface area (Å²) in [6.07, 6.45) is 6.15. The summed E-state index contributed by atoms with van der Waals surface area (Å²) >= 11 is 0. The fourth-order valence-corrected chi connectivity index (χ4v) is 4.47. The zero-order valence-corrected chi connectivity index (χ0v) is 19.5. The standard InChI is InChI=1S/C24H35N5O3/c1-24(2,3)32-23(31)28-10-7-19(8-11-28)16-22(30)27-14-12-26(13-15-27)17-20-18-29-9-5-4-6-21(29)25-20/h4-6,9,18-19H,7-8,10-17H2,1-3H3. The van der Waals surface area contributed by atoms with Crippen molar-refractivity contribution in [2.45, 2.75) is 52.2 Å². The van der Waals surface area contributed by atoms with E-state index in [0.29, 0.717) is 25.4 Å². The number of hydrogen-bond acceptors (Lipinski definition) is 5. The molecule has 2 aromatic heterocycles. The number of likely N-dealkylation sites (tertiary alicyclic amines) is 1. The van der Waals surface area contributed by atoms with Gasteiger partial charge in [-0.2, -0.15) is 0 Å². The highest BCUT2D eigenvalue weighted by atomic mass is 16.6. The molecule has 2 fully saturated rings. The lowest BCUT2D eigenvalue weighted by Gasteiger charge is -2.36. The Morgan fingerprint density at radius 1 is 1.03 bits per heavy atom. The third kappa shape index (κ3) is 5.79. The molecule has 174 valence electrons. The summed E-state index contributed by atoms with van der Waals surface area (Å²) in [6.45, 7) is 11.1. The fourth-order valence-electron chi connectivity index (χ4n) is 4.47. The van der Waals surface area contributed by atoms with E-state index in [1.165, 1.54) is 0 Å². The van der Waals surface area contributed by atoms with Crippen molar-refractivity contribution in [3.05, 3.63) is 36.3 Å². The van der Waals surface area contributed by atoms with Gasteiger partial charge in [0.1, 0.15) is 11.2 Å². The van der Waals surface area contributed by atoms with Crippen molar-refractivity contribution in [2.75, 3.05) is 39.3 Å². The van der Waals surface area contributed by atoms with Gasteiger partial charge in [0.2, 0.25) is 5.91 Å². The normalized spacial score (nSPS) is 18.8. The maximum Gasteiger partial charge on any atom is 0.410 e. The van der Waals surface area contributed by atoms with Crippen LogP contribution in [0.3, 0.4) is 0 Å². The highest BCUT2D eigenvalue weighted by Gasteiger charge is 2.29. The van der Waals surface area contributed by atoms with E-state index in [1.807, 2.05) is 54.5 Å². The molecule has 0 aliphatic carbocycles. The molecule has 0 N–H and O–H groups in total. The second-order valence-corrected chi connectivity index (χ2v) is 9.97. The highest BCUT2D eigenvalue weighted by Crippen LogP contribution is 2.23. The number of carbonyl (C=O) groups is 2. The van der Waals surface area contributed by atoms with Gasteiger partial charge in [-0.05, 0) is 51.7 Å². The minimum absolute atomic E-state index is 0.244. The molecule has 0 bridgehead atoms. The Balaban J connectivity index is 1.18. The molecule has 0 spiro atoms. The molecule has 0 atom stereocenters. The molecular formula is C24H35N5O3. The monoisotopic (exact) mass is 441 g/mol. The van der Waals surface area contributed by atoms with E-state index in [0.717, 1.165) is 56.9 Å². The van der Waals surface area contributed by atoms with Crippen LogP contribution in [0.1, 0.15) is 45.7 Å². The molecular weight excluding hydrogens is 406 g/mol. The van der Waals surface area contributed by atoms with Crippen LogP contribution in [-0.4, -0.2) is 81.0 Å². The summed E-state index contributed by atoms with van der Waals surface area (Å²) in [5, 5.41) is 0. The summed E-state index contributed by atoms with van der Waals surface area (Å²) in [5.41, 5.74) is 1.55. The van der Waals surface area contributed by atoms with Crippen molar-refractivity contribution in [3.8, 4) is 0 Å². The maximum atomic E-state index is 12.8. The zero-order chi connectivity index (χ0) is 22.7. The van der Waals surface area contributed by atoms with E-state index < -0.39 is 5.60 Å². The second-order valence-electron chi connectivity index (χ2n) is 9.97. The van der Waals surface area contributed by atoms with Crippen LogP contribution in [0.25, 0.3) is 5.65 Å². The second kappa shape index (κ2) is 9.48. The van der Waals surface area contributed by atoms with Crippen LogP contribution >= 0.6 is 0 Å². The van der Waals surface area contributed by atoms with E-state index in [2.05, 4.69) is 16.1 Å². The minimum atomic E-state index is -0.475. The number of imidazole rings is 1. The van der Waals surface area contributed by atoms with Gasteiger partial charge in [-0.25, -0.2) is 9.78 Å². The average molecular weight is 442 g/mol. The molecule has 0 aromatic carbocycles. The van der Waals surface area contributed by atoms with Gasteiger partial charge < -0.3 is 18.9 Å². The van der Waals surface area contributed by atoms with Crippen molar-refractivity contribution in [2.24, 2.45) is 5.92 Å². The van der Waals surface area contributed by atoms with Crippen LogP contribution in [0.4, 0.5) is 4.79 Å². The molecule has 0 saturated carbocycles. The molecule has 4 rings (SSSR count). The zero-order valence-electron chi connectivity index (χ0n) is 19.5. The molecule has 2 aliphatic rings. The Hall–Kier alpha value is -2.61. The van der Waals surface area contributed by atoms with E-state index in [-0.39, 0.29) is 12.0 Å². The topological polar surface area (TPSA) is 70.4 Å². The predicted molar refractivity (Wildman–Crippen MR) is 122 cm³/mol. The van der Waals surface area contributed by atoms with Crippen molar-refractivity contribution < 1.29 is 14.3 Å². The number of rotatable bonds is 4. The number of pyridine rings is 1. The van der Waals surface area contributed by atoms with Crippen LogP contribution in [0.5, 0.6) is 0 Å². The van der Waals surface area contributed by atoms with Crippen LogP contribution in [0.15, 0.2) is 30.6 Å². The first-order chi connectivity index (χ1) is 15.3. The van der Waals surface area contributed by atoms with Gasteiger partial charge in [-0.15, -0.1) is 0 Å². The van der Waals surface area contributed by atoms with Gasteiger partial charge in [0.05, 0.1) is 5.69 Å². The Morgan fingerprint density at radius 3 is 2.41 bits per heavy atom. The van der Waals surface area contributed by atoms with Gasteiger partial charge in [-0.3, -0.25) is 9.69 Å². The highest BCUT2D eigenvalue weighted by molar-refractivity contribution is 5.76. The first kappa shape index (κ1) is 22.6. The number of amides is 2. The number of ether oxygens (including phenoxy) is 1. The smallest absolute Gasteiger partial charge is 0.410 e. The van der Waals surface area contributed by atoms with Crippen LogP contribution < -0.4 is 0 Å². The van der Waals surface area contributed by atoms with Gasteiger partial charge >= 0.3 is 6.09 Å². The Morgan fingerprint density at radius 2 is 1.75 bits per heavy atom. The fraction of sp³-hybridized carbons (Fsp3) is 0.625. The SMILES string of the molecule is CC(C)(C)OC(=O)N1CCC(CC(=O)N2CCN(Cc3cn4ccccc4n3)CC2)CC1. The lowest BCUT2D eigenvalue weighted by Crippen LogP contribution is -2.49. The molecule has 2 aliphatic heterocycles. The quantitative estimate of drug-likeness (QED) is 0.730. The number of nitrogens with zero attached hydrogens (tertiary/aromatic N) is 5. The third-order valence-corrected chi connectivity index (χ3v) is 6.25. The Bertz CT molecular complexity index is 902. The summed E-state index contributed by atoms with van der Waals surface area (Å²) in [7, 11) is 0. The van der Waals surface area contributed by atoms with Gasteiger partial charge in [-0.1, -0.05) is 6.07 Å². The van der Waals surface area contributed by atoms with E-state index in [9.17, 15) is 9.59 Å². The summed E-state index contributed by atoms with van der Waals surface area (Å²) < 4.78 is 7.50. The van der Waals surface area contributed by atoms with Gasteiger partial charge in [0, 0.05) is 64.6 Å². The number of aromatic nitrogens is 2.